The SMILES string of the molecule is CCCNC(=O)C(Cc1ccccc1)N(Cc1ccc(Br)cc1)C(=O)CCc1ccc(C(C)(C)C)cc1. The van der Waals surface area contributed by atoms with Gasteiger partial charge in [0, 0.05) is 30.4 Å². The van der Waals surface area contributed by atoms with Crippen LogP contribution in [0.15, 0.2) is 83.3 Å². The Morgan fingerprint density at radius 1 is 0.865 bits per heavy atom. The molecule has 1 atom stereocenters. The van der Waals surface area contributed by atoms with Gasteiger partial charge in [-0.15, -0.1) is 0 Å². The molecule has 5 heteroatoms. The number of hydrogen-bond donors (Lipinski definition) is 1. The summed E-state index contributed by atoms with van der Waals surface area (Å²) in [5, 5.41) is 3.04. The van der Waals surface area contributed by atoms with E-state index < -0.39 is 6.04 Å². The van der Waals surface area contributed by atoms with E-state index in [1.165, 1.54) is 5.56 Å². The highest BCUT2D eigenvalue weighted by atomic mass is 79.9. The number of amides is 2. The maximum atomic E-state index is 13.8. The lowest BCUT2D eigenvalue weighted by molar-refractivity contribution is -0.141. The fourth-order valence-corrected chi connectivity index (χ4v) is 4.54. The first-order valence-electron chi connectivity index (χ1n) is 13.1. The molecule has 3 rings (SSSR count). The number of rotatable bonds is 11. The molecule has 0 spiro atoms. The van der Waals surface area contributed by atoms with Crippen LogP contribution in [0.2, 0.25) is 0 Å². The van der Waals surface area contributed by atoms with E-state index in [-0.39, 0.29) is 17.2 Å². The van der Waals surface area contributed by atoms with Gasteiger partial charge in [0.1, 0.15) is 6.04 Å². The molecule has 0 bridgehead atoms. The topological polar surface area (TPSA) is 49.4 Å². The third-order valence-corrected chi connectivity index (χ3v) is 7.06. The minimum Gasteiger partial charge on any atom is -0.354 e. The summed E-state index contributed by atoms with van der Waals surface area (Å²) in [6, 6.07) is 25.8. The Kier molecular flexibility index (Phi) is 10.5. The number of nitrogens with zero attached hydrogens (tertiary/aromatic N) is 1. The molecule has 0 radical (unpaired) electrons. The fourth-order valence-electron chi connectivity index (χ4n) is 4.27. The molecule has 3 aromatic rings. The van der Waals surface area contributed by atoms with Gasteiger partial charge < -0.3 is 10.2 Å². The van der Waals surface area contributed by atoms with E-state index >= 15 is 0 Å². The molecule has 0 aliphatic heterocycles. The van der Waals surface area contributed by atoms with Crippen molar-refractivity contribution in [2.75, 3.05) is 6.54 Å². The van der Waals surface area contributed by atoms with Crippen molar-refractivity contribution >= 4 is 27.7 Å². The van der Waals surface area contributed by atoms with Gasteiger partial charge in [-0.05, 0) is 52.6 Å². The summed E-state index contributed by atoms with van der Waals surface area (Å²) in [6.07, 6.45) is 2.29. The van der Waals surface area contributed by atoms with E-state index in [1.54, 1.807) is 4.90 Å². The molecule has 0 heterocycles. The molecule has 1 unspecified atom stereocenters. The number of benzene rings is 3. The summed E-state index contributed by atoms with van der Waals surface area (Å²) in [6.45, 7) is 9.59. The summed E-state index contributed by atoms with van der Waals surface area (Å²) in [7, 11) is 0. The molecule has 4 nitrogen and oxygen atoms in total. The minimum absolute atomic E-state index is 0.0182. The van der Waals surface area contributed by atoms with Crippen molar-refractivity contribution in [3.05, 3.63) is 106 Å². The number of aryl methyl sites for hydroxylation is 1. The normalized spacial score (nSPS) is 12.1. The van der Waals surface area contributed by atoms with E-state index in [4.69, 9.17) is 0 Å². The smallest absolute Gasteiger partial charge is 0.243 e. The zero-order valence-electron chi connectivity index (χ0n) is 22.5. The lowest BCUT2D eigenvalue weighted by Crippen LogP contribution is -2.50. The van der Waals surface area contributed by atoms with Crippen molar-refractivity contribution < 1.29 is 9.59 Å². The van der Waals surface area contributed by atoms with E-state index in [0.29, 0.717) is 32.4 Å². The number of carbonyl (C=O) groups excluding carboxylic acids is 2. The van der Waals surface area contributed by atoms with Crippen LogP contribution in [0.3, 0.4) is 0 Å². The molecular weight excluding hydrogens is 524 g/mol. The Labute approximate surface area is 230 Å². The third kappa shape index (κ3) is 8.85. The van der Waals surface area contributed by atoms with Crippen LogP contribution in [0.25, 0.3) is 0 Å². The molecule has 0 aromatic heterocycles. The van der Waals surface area contributed by atoms with Crippen LogP contribution in [-0.4, -0.2) is 29.3 Å². The Morgan fingerprint density at radius 3 is 2.08 bits per heavy atom. The van der Waals surface area contributed by atoms with Gasteiger partial charge >= 0.3 is 0 Å². The second-order valence-corrected chi connectivity index (χ2v) is 11.5. The maximum absolute atomic E-state index is 13.8. The Hall–Kier alpha value is -2.92. The molecule has 0 aliphatic carbocycles. The highest BCUT2D eigenvalue weighted by Gasteiger charge is 2.30. The largest absolute Gasteiger partial charge is 0.354 e. The van der Waals surface area contributed by atoms with Crippen molar-refractivity contribution in [3.8, 4) is 0 Å². The quantitative estimate of drug-likeness (QED) is 0.278. The molecule has 0 saturated carbocycles. The first-order chi connectivity index (χ1) is 17.7. The molecule has 0 aliphatic rings. The van der Waals surface area contributed by atoms with Gasteiger partial charge in [-0.1, -0.05) is 110 Å². The van der Waals surface area contributed by atoms with Crippen molar-refractivity contribution in [2.24, 2.45) is 0 Å². The fraction of sp³-hybridized carbons (Fsp3) is 0.375. The summed E-state index contributed by atoms with van der Waals surface area (Å²) >= 11 is 3.49. The molecule has 0 fully saturated rings. The van der Waals surface area contributed by atoms with Crippen LogP contribution in [0, 0.1) is 0 Å². The van der Waals surface area contributed by atoms with Gasteiger partial charge in [-0.3, -0.25) is 9.59 Å². The average Bonchev–Trinajstić information content (AvgIpc) is 2.89. The Balaban J connectivity index is 1.85. The van der Waals surface area contributed by atoms with Gasteiger partial charge in [-0.2, -0.15) is 0 Å². The third-order valence-electron chi connectivity index (χ3n) is 6.53. The zero-order valence-corrected chi connectivity index (χ0v) is 24.1. The van der Waals surface area contributed by atoms with Gasteiger partial charge in [0.2, 0.25) is 11.8 Å². The van der Waals surface area contributed by atoms with E-state index in [9.17, 15) is 9.59 Å². The molecule has 2 amide bonds. The number of nitrogens with one attached hydrogen (secondary N) is 1. The summed E-state index contributed by atoms with van der Waals surface area (Å²) in [5.74, 6) is -0.124. The van der Waals surface area contributed by atoms with Crippen LogP contribution >= 0.6 is 15.9 Å². The van der Waals surface area contributed by atoms with Crippen molar-refractivity contribution in [1.82, 2.24) is 10.2 Å². The molecule has 1 N–H and O–H groups in total. The van der Waals surface area contributed by atoms with Gasteiger partial charge in [0.05, 0.1) is 0 Å². The van der Waals surface area contributed by atoms with Crippen LogP contribution < -0.4 is 5.32 Å². The lowest BCUT2D eigenvalue weighted by Gasteiger charge is -2.31. The first kappa shape index (κ1) is 28.6. The highest BCUT2D eigenvalue weighted by molar-refractivity contribution is 9.10. The van der Waals surface area contributed by atoms with Gasteiger partial charge in [0.15, 0.2) is 0 Å². The van der Waals surface area contributed by atoms with Crippen LogP contribution in [0.4, 0.5) is 0 Å². The van der Waals surface area contributed by atoms with E-state index in [2.05, 4.69) is 66.3 Å². The van der Waals surface area contributed by atoms with Gasteiger partial charge in [-0.25, -0.2) is 0 Å². The highest BCUT2D eigenvalue weighted by Crippen LogP contribution is 2.23. The standard InChI is InChI=1S/C32H39BrN2O2/c1-5-21-34-31(37)29(22-25-9-7-6-8-10-25)35(23-26-13-18-28(33)19-14-26)30(36)20-15-24-11-16-27(17-12-24)32(2,3)4/h6-14,16-19,29H,5,15,20-23H2,1-4H3,(H,34,37). The Morgan fingerprint density at radius 2 is 1.49 bits per heavy atom. The zero-order chi connectivity index (χ0) is 26.8. The number of hydrogen-bond acceptors (Lipinski definition) is 2. The predicted molar refractivity (Wildman–Crippen MR) is 155 cm³/mol. The number of halogens is 1. The minimum atomic E-state index is -0.589. The summed E-state index contributed by atoms with van der Waals surface area (Å²) in [5.41, 5.74) is 4.51. The summed E-state index contributed by atoms with van der Waals surface area (Å²) in [4.78, 5) is 28.9. The molecule has 196 valence electrons. The predicted octanol–water partition coefficient (Wildman–Crippen LogP) is 6.85. The second-order valence-electron chi connectivity index (χ2n) is 10.6. The average molecular weight is 564 g/mol. The number of carbonyl (C=O) groups is 2. The van der Waals surface area contributed by atoms with Crippen LogP contribution in [-0.2, 0) is 34.4 Å². The molecule has 37 heavy (non-hydrogen) atoms. The van der Waals surface area contributed by atoms with Crippen molar-refractivity contribution in [2.45, 2.75) is 71.4 Å². The second kappa shape index (κ2) is 13.6. The lowest BCUT2D eigenvalue weighted by atomic mass is 9.86. The molecule has 0 saturated heterocycles. The van der Waals surface area contributed by atoms with Gasteiger partial charge in [0.25, 0.3) is 0 Å². The monoisotopic (exact) mass is 562 g/mol. The van der Waals surface area contributed by atoms with Crippen LogP contribution in [0.5, 0.6) is 0 Å². The first-order valence-corrected chi connectivity index (χ1v) is 13.9. The molecular formula is C32H39BrN2O2. The summed E-state index contributed by atoms with van der Waals surface area (Å²) < 4.78 is 0.981. The Bertz CT molecular complexity index is 1140. The van der Waals surface area contributed by atoms with Crippen molar-refractivity contribution in [3.63, 3.8) is 0 Å². The van der Waals surface area contributed by atoms with Crippen LogP contribution in [0.1, 0.15) is 62.8 Å². The maximum Gasteiger partial charge on any atom is 0.243 e. The van der Waals surface area contributed by atoms with Crippen molar-refractivity contribution in [1.29, 1.82) is 0 Å². The molecule has 3 aromatic carbocycles. The van der Waals surface area contributed by atoms with E-state index in [1.807, 2.05) is 61.5 Å². The van der Waals surface area contributed by atoms with E-state index in [0.717, 1.165) is 27.6 Å².